The molecule has 0 aromatic carbocycles. The molecule has 0 spiro atoms. The highest BCUT2D eigenvalue weighted by Crippen LogP contribution is 2.21. The number of aliphatic hydroxyl groups is 3. The van der Waals surface area contributed by atoms with Gasteiger partial charge in [0.25, 0.3) is 0 Å². The number of carbonyl (C=O) groups is 1. The van der Waals surface area contributed by atoms with Gasteiger partial charge in [0.2, 0.25) is 0 Å². The Morgan fingerprint density at radius 1 is 0.654 bits per heavy atom. The van der Waals surface area contributed by atoms with Crippen molar-refractivity contribution >= 4 is 5.97 Å². The van der Waals surface area contributed by atoms with Gasteiger partial charge in [-0.3, -0.25) is 4.79 Å². The number of ether oxygens (including phenoxy) is 4. The first kappa shape index (κ1) is 25.2. The number of aliphatic hydroxyl groups excluding tert-OH is 3. The molecule has 0 amide bonds. The SMILES string of the molecule is O=C(O)CCOCC(COCCCO)(COCCCO)COCCCO. The summed E-state index contributed by atoms with van der Waals surface area (Å²) in [5.41, 5.74) is -0.640. The smallest absolute Gasteiger partial charge is 0.305 e. The van der Waals surface area contributed by atoms with Crippen LogP contribution in [-0.4, -0.2) is 99.1 Å². The maximum Gasteiger partial charge on any atom is 0.305 e. The average Bonchev–Trinajstić information content (AvgIpc) is 2.63. The molecule has 4 N–H and O–H groups in total. The third-order valence-electron chi connectivity index (χ3n) is 3.43. The summed E-state index contributed by atoms with van der Waals surface area (Å²) in [4.78, 5) is 10.6. The maximum atomic E-state index is 10.6. The van der Waals surface area contributed by atoms with E-state index >= 15 is 0 Å². The zero-order chi connectivity index (χ0) is 19.5. The Kier molecular flexibility index (Phi) is 17.0. The predicted octanol–water partition coefficient (Wildman–Crippen LogP) is -0.339. The summed E-state index contributed by atoms with van der Waals surface area (Å²) in [7, 11) is 0. The Morgan fingerprint density at radius 3 is 1.31 bits per heavy atom. The molecule has 0 aliphatic carbocycles. The molecule has 0 aromatic heterocycles. The predicted molar refractivity (Wildman–Crippen MR) is 93.1 cm³/mol. The van der Waals surface area contributed by atoms with Crippen LogP contribution in [0.1, 0.15) is 25.7 Å². The van der Waals surface area contributed by atoms with Crippen LogP contribution in [0, 0.1) is 5.41 Å². The molecule has 0 aliphatic heterocycles. The molecule has 9 heteroatoms. The number of rotatable bonds is 20. The summed E-state index contributed by atoms with van der Waals surface area (Å²) in [6, 6.07) is 0. The summed E-state index contributed by atoms with van der Waals surface area (Å²) in [6.45, 7) is 2.27. The van der Waals surface area contributed by atoms with Crippen LogP contribution in [-0.2, 0) is 23.7 Å². The van der Waals surface area contributed by atoms with Gasteiger partial charge in [-0.25, -0.2) is 0 Å². The Morgan fingerprint density at radius 2 is 1.00 bits per heavy atom. The minimum Gasteiger partial charge on any atom is -0.481 e. The van der Waals surface area contributed by atoms with E-state index in [9.17, 15) is 4.79 Å². The first-order valence-electron chi connectivity index (χ1n) is 8.95. The monoisotopic (exact) mass is 382 g/mol. The zero-order valence-electron chi connectivity index (χ0n) is 15.4. The first-order valence-corrected chi connectivity index (χ1v) is 8.95. The van der Waals surface area contributed by atoms with Crippen molar-refractivity contribution < 1.29 is 44.2 Å². The quantitative estimate of drug-likeness (QED) is 0.209. The molecular weight excluding hydrogens is 348 g/mol. The van der Waals surface area contributed by atoms with Crippen LogP contribution in [0.5, 0.6) is 0 Å². The van der Waals surface area contributed by atoms with E-state index in [1.807, 2.05) is 0 Å². The Bertz CT molecular complexity index is 294. The van der Waals surface area contributed by atoms with Gasteiger partial charge in [-0.2, -0.15) is 0 Å². The number of hydrogen-bond donors (Lipinski definition) is 4. The summed E-state index contributed by atoms with van der Waals surface area (Å²) >= 11 is 0. The molecular formula is C17H34O9. The van der Waals surface area contributed by atoms with Crippen LogP contribution in [0.3, 0.4) is 0 Å². The highest BCUT2D eigenvalue weighted by Gasteiger charge is 2.32. The van der Waals surface area contributed by atoms with Crippen molar-refractivity contribution in [3.05, 3.63) is 0 Å². The Balaban J connectivity index is 4.70. The van der Waals surface area contributed by atoms with E-state index < -0.39 is 11.4 Å². The van der Waals surface area contributed by atoms with Crippen LogP contribution in [0.15, 0.2) is 0 Å². The largest absolute Gasteiger partial charge is 0.481 e. The first-order chi connectivity index (χ1) is 12.6. The second-order valence-corrected chi connectivity index (χ2v) is 6.09. The van der Waals surface area contributed by atoms with Crippen LogP contribution < -0.4 is 0 Å². The minimum atomic E-state index is -0.937. The van der Waals surface area contributed by atoms with Crippen molar-refractivity contribution in [3.8, 4) is 0 Å². The van der Waals surface area contributed by atoms with Crippen molar-refractivity contribution in [2.75, 3.05) is 72.7 Å². The summed E-state index contributed by atoms with van der Waals surface area (Å²) in [5.74, 6) is -0.937. The van der Waals surface area contributed by atoms with Crippen molar-refractivity contribution in [2.24, 2.45) is 5.41 Å². The van der Waals surface area contributed by atoms with Crippen LogP contribution in [0.2, 0.25) is 0 Å². The summed E-state index contributed by atoms with van der Waals surface area (Å²) in [5, 5.41) is 35.3. The molecule has 0 rings (SSSR count). The minimum absolute atomic E-state index is 0.0299. The van der Waals surface area contributed by atoms with Crippen molar-refractivity contribution in [1.82, 2.24) is 0 Å². The van der Waals surface area contributed by atoms with E-state index in [4.69, 9.17) is 39.4 Å². The standard InChI is InChI=1S/C17H34O9/c18-5-1-8-23-12-17(13-24-9-2-6-19,14-25-10-3-7-20)15-26-11-4-16(21)22/h18-20H,1-15H2,(H,21,22). The number of aliphatic carboxylic acids is 1. The lowest BCUT2D eigenvalue weighted by atomic mass is 9.92. The summed E-state index contributed by atoms with van der Waals surface area (Å²) < 4.78 is 22.4. The van der Waals surface area contributed by atoms with Gasteiger partial charge in [0.05, 0.1) is 44.9 Å². The number of hydrogen-bond acceptors (Lipinski definition) is 8. The molecule has 0 atom stereocenters. The molecule has 0 aliphatic rings. The van der Waals surface area contributed by atoms with E-state index in [-0.39, 0.29) is 59.3 Å². The van der Waals surface area contributed by atoms with Crippen LogP contribution >= 0.6 is 0 Å². The van der Waals surface area contributed by atoms with Gasteiger partial charge in [0, 0.05) is 39.6 Å². The summed E-state index contributed by atoms with van der Waals surface area (Å²) in [6.07, 6.45) is 1.42. The van der Waals surface area contributed by atoms with Gasteiger partial charge < -0.3 is 39.4 Å². The lowest BCUT2D eigenvalue weighted by Crippen LogP contribution is -2.42. The van der Waals surface area contributed by atoms with E-state index in [2.05, 4.69) is 0 Å². The molecule has 0 unspecified atom stereocenters. The van der Waals surface area contributed by atoms with Gasteiger partial charge in [-0.1, -0.05) is 0 Å². The fraction of sp³-hybridized carbons (Fsp3) is 0.941. The molecule has 0 heterocycles. The molecule has 0 fully saturated rings. The molecule has 0 saturated heterocycles. The third-order valence-corrected chi connectivity index (χ3v) is 3.43. The Hall–Kier alpha value is -0.810. The highest BCUT2D eigenvalue weighted by molar-refractivity contribution is 5.66. The van der Waals surface area contributed by atoms with Crippen LogP contribution in [0.4, 0.5) is 0 Å². The molecule has 0 aromatic rings. The molecule has 0 saturated carbocycles. The highest BCUT2D eigenvalue weighted by atomic mass is 16.5. The fourth-order valence-electron chi connectivity index (χ4n) is 2.06. The fourth-order valence-corrected chi connectivity index (χ4v) is 2.06. The van der Waals surface area contributed by atoms with E-state index in [0.29, 0.717) is 39.1 Å². The van der Waals surface area contributed by atoms with Gasteiger partial charge >= 0.3 is 5.97 Å². The maximum absolute atomic E-state index is 10.6. The lowest BCUT2D eigenvalue weighted by molar-refractivity contribution is -0.140. The number of carboxylic acids is 1. The van der Waals surface area contributed by atoms with E-state index in [1.165, 1.54) is 0 Å². The third kappa shape index (κ3) is 14.4. The van der Waals surface area contributed by atoms with E-state index in [1.54, 1.807) is 0 Å². The molecule has 0 radical (unpaired) electrons. The molecule has 156 valence electrons. The van der Waals surface area contributed by atoms with E-state index in [0.717, 1.165) is 0 Å². The van der Waals surface area contributed by atoms with Gasteiger partial charge in [0.1, 0.15) is 0 Å². The van der Waals surface area contributed by atoms with Crippen LogP contribution in [0.25, 0.3) is 0 Å². The van der Waals surface area contributed by atoms with Crippen molar-refractivity contribution in [3.63, 3.8) is 0 Å². The zero-order valence-corrected chi connectivity index (χ0v) is 15.4. The van der Waals surface area contributed by atoms with Gasteiger partial charge in [0.15, 0.2) is 0 Å². The van der Waals surface area contributed by atoms with Gasteiger partial charge in [-0.05, 0) is 19.3 Å². The average molecular weight is 382 g/mol. The number of carboxylic acid groups (broad SMARTS) is 1. The lowest BCUT2D eigenvalue weighted by Gasteiger charge is -2.33. The molecule has 0 bridgehead atoms. The molecule has 9 nitrogen and oxygen atoms in total. The topological polar surface area (TPSA) is 135 Å². The van der Waals surface area contributed by atoms with Crippen molar-refractivity contribution in [2.45, 2.75) is 25.7 Å². The Labute approximate surface area is 154 Å². The van der Waals surface area contributed by atoms with Crippen molar-refractivity contribution in [1.29, 1.82) is 0 Å². The second-order valence-electron chi connectivity index (χ2n) is 6.09. The second kappa shape index (κ2) is 17.6. The molecule has 26 heavy (non-hydrogen) atoms. The normalized spacial score (nSPS) is 11.8. The van der Waals surface area contributed by atoms with Gasteiger partial charge in [-0.15, -0.1) is 0 Å².